The Morgan fingerprint density at radius 2 is 2.09 bits per heavy atom. The van der Waals surface area contributed by atoms with E-state index in [1.807, 2.05) is 47.0 Å². The van der Waals surface area contributed by atoms with E-state index >= 15 is 0 Å². The number of benzene rings is 2. The van der Waals surface area contributed by atoms with Crippen LogP contribution in [0.5, 0.6) is 5.75 Å². The Morgan fingerprint density at radius 1 is 1.30 bits per heavy atom. The predicted octanol–water partition coefficient (Wildman–Crippen LogP) is 4.99. The Labute approximate surface area is 149 Å². The maximum atomic E-state index is 13.1. The van der Waals surface area contributed by atoms with Crippen molar-refractivity contribution in [3.05, 3.63) is 52.5 Å². The Hall–Kier alpha value is -1.46. The molecule has 0 bridgehead atoms. The number of hydrogen-bond donors (Lipinski definition) is 0. The average molecular weight is 392 g/mol. The number of anilines is 1. The summed E-state index contributed by atoms with van der Waals surface area (Å²) in [6.45, 7) is 2.92. The van der Waals surface area contributed by atoms with E-state index in [2.05, 4.69) is 28.9 Å². The van der Waals surface area contributed by atoms with Crippen LogP contribution in [0.25, 0.3) is 0 Å². The number of hydrogen-bond acceptors (Lipinski definition) is 3. The van der Waals surface area contributed by atoms with Crippen molar-refractivity contribution in [3.63, 3.8) is 0 Å². The third-order valence-electron chi connectivity index (χ3n) is 3.89. The van der Waals surface area contributed by atoms with E-state index in [-0.39, 0.29) is 5.91 Å². The van der Waals surface area contributed by atoms with Crippen LogP contribution in [0.1, 0.15) is 23.7 Å². The maximum absolute atomic E-state index is 13.1. The number of carbonyl (C=O) groups excluding carboxylic acids is 1. The van der Waals surface area contributed by atoms with Crippen molar-refractivity contribution in [2.75, 3.05) is 18.6 Å². The smallest absolute Gasteiger partial charge is 0.259 e. The second-order valence-corrected chi connectivity index (χ2v) is 7.82. The average Bonchev–Trinajstić information content (AvgIpc) is 2.73. The largest absolute Gasteiger partial charge is 0.497 e. The van der Waals surface area contributed by atoms with E-state index in [1.54, 1.807) is 13.2 Å². The van der Waals surface area contributed by atoms with Crippen molar-refractivity contribution in [2.45, 2.75) is 23.5 Å². The zero-order chi connectivity index (χ0) is 16.4. The fraction of sp³-hybridized carbons (Fsp3) is 0.278. The molecule has 1 heterocycles. The van der Waals surface area contributed by atoms with Gasteiger partial charge in [-0.2, -0.15) is 0 Å². The molecule has 0 aliphatic carbocycles. The molecule has 0 fully saturated rings. The zero-order valence-electron chi connectivity index (χ0n) is 13.1. The van der Waals surface area contributed by atoms with Crippen molar-refractivity contribution in [1.82, 2.24) is 0 Å². The Morgan fingerprint density at radius 3 is 2.87 bits per heavy atom. The van der Waals surface area contributed by atoms with Crippen LogP contribution in [0.3, 0.4) is 0 Å². The minimum absolute atomic E-state index is 0.00192. The summed E-state index contributed by atoms with van der Waals surface area (Å²) in [5.74, 6) is 0.681. The Bertz CT molecular complexity index is 735. The molecule has 0 spiro atoms. The molecule has 120 valence electrons. The predicted molar refractivity (Wildman–Crippen MR) is 98.7 cm³/mol. The standard InChI is InChI=1S/C18H18BrNO2S/c1-12-9-10-20(16-5-3-4-6-17(16)23-12)18(21)14-11-13(22-2)7-8-15(14)19/h3-8,11-12H,9-10H2,1-2H3. The zero-order valence-corrected chi connectivity index (χ0v) is 15.5. The van der Waals surface area contributed by atoms with E-state index < -0.39 is 0 Å². The number of carbonyl (C=O) groups is 1. The van der Waals surface area contributed by atoms with Gasteiger partial charge in [0.2, 0.25) is 0 Å². The van der Waals surface area contributed by atoms with Gasteiger partial charge in [0.05, 0.1) is 18.4 Å². The van der Waals surface area contributed by atoms with Crippen LogP contribution >= 0.6 is 27.7 Å². The van der Waals surface area contributed by atoms with Gasteiger partial charge in [-0.05, 0) is 52.7 Å². The fourth-order valence-corrected chi connectivity index (χ4v) is 4.17. The molecule has 2 aromatic rings. The molecular weight excluding hydrogens is 374 g/mol. The van der Waals surface area contributed by atoms with Gasteiger partial charge < -0.3 is 9.64 Å². The van der Waals surface area contributed by atoms with Gasteiger partial charge in [0.25, 0.3) is 5.91 Å². The van der Waals surface area contributed by atoms with Gasteiger partial charge in [-0.3, -0.25) is 4.79 Å². The van der Waals surface area contributed by atoms with E-state index in [1.165, 1.54) is 0 Å². The van der Waals surface area contributed by atoms with Crippen LogP contribution in [-0.2, 0) is 0 Å². The minimum Gasteiger partial charge on any atom is -0.497 e. The van der Waals surface area contributed by atoms with Gasteiger partial charge in [0.15, 0.2) is 0 Å². The first kappa shape index (κ1) is 16.4. The number of para-hydroxylation sites is 1. The second-order valence-electron chi connectivity index (χ2n) is 5.49. The molecule has 0 saturated heterocycles. The first-order valence-electron chi connectivity index (χ1n) is 7.51. The number of methoxy groups -OCH3 is 1. The highest BCUT2D eigenvalue weighted by atomic mass is 79.9. The van der Waals surface area contributed by atoms with E-state index in [4.69, 9.17) is 4.74 Å². The summed E-state index contributed by atoms with van der Waals surface area (Å²) in [5.41, 5.74) is 1.61. The quantitative estimate of drug-likeness (QED) is 0.721. The number of fused-ring (bicyclic) bond motifs is 1. The highest BCUT2D eigenvalue weighted by Crippen LogP contribution is 2.38. The Balaban J connectivity index is 2.02. The van der Waals surface area contributed by atoms with E-state index in [9.17, 15) is 4.79 Å². The molecule has 0 aromatic heterocycles. The summed E-state index contributed by atoms with van der Waals surface area (Å²) in [5, 5.41) is 0.489. The van der Waals surface area contributed by atoms with Crippen molar-refractivity contribution in [3.8, 4) is 5.75 Å². The summed E-state index contributed by atoms with van der Waals surface area (Å²) in [7, 11) is 1.61. The lowest BCUT2D eigenvalue weighted by Gasteiger charge is -2.23. The van der Waals surface area contributed by atoms with Gasteiger partial charge >= 0.3 is 0 Å². The van der Waals surface area contributed by atoms with Crippen LogP contribution in [0.2, 0.25) is 0 Å². The number of rotatable bonds is 2. The van der Waals surface area contributed by atoms with Crippen molar-refractivity contribution in [1.29, 1.82) is 0 Å². The van der Waals surface area contributed by atoms with Gasteiger partial charge in [0.1, 0.15) is 5.75 Å². The summed E-state index contributed by atoms with van der Waals surface area (Å²) >= 11 is 5.32. The van der Waals surface area contributed by atoms with Crippen LogP contribution in [-0.4, -0.2) is 24.8 Å². The molecule has 0 radical (unpaired) electrons. The normalized spacial score (nSPS) is 17.3. The highest BCUT2D eigenvalue weighted by Gasteiger charge is 2.26. The molecule has 3 rings (SSSR count). The first-order chi connectivity index (χ1) is 11.1. The summed E-state index contributed by atoms with van der Waals surface area (Å²) in [4.78, 5) is 16.2. The van der Waals surface area contributed by atoms with Crippen LogP contribution < -0.4 is 9.64 Å². The molecule has 0 N–H and O–H groups in total. The SMILES string of the molecule is COc1ccc(Br)c(C(=O)N2CCC(C)Sc3ccccc32)c1. The molecule has 23 heavy (non-hydrogen) atoms. The van der Waals surface area contributed by atoms with Gasteiger partial charge in [0, 0.05) is 21.2 Å². The second kappa shape index (κ2) is 6.97. The third kappa shape index (κ3) is 3.40. The van der Waals surface area contributed by atoms with Gasteiger partial charge in [-0.25, -0.2) is 0 Å². The molecule has 1 aliphatic rings. The molecule has 2 aromatic carbocycles. The van der Waals surface area contributed by atoms with Crippen LogP contribution in [0, 0.1) is 0 Å². The lowest BCUT2D eigenvalue weighted by atomic mass is 10.1. The molecule has 1 aliphatic heterocycles. The van der Waals surface area contributed by atoms with Gasteiger partial charge in [-0.15, -0.1) is 11.8 Å². The van der Waals surface area contributed by atoms with Crippen LogP contribution in [0.4, 0.5) is 5.69 Å². The number of ether oxygens (including phenoxy) is 1. The van der Waals surface area contributed by atoms with E-state index in [0.717, 1.165) is 21.5 Å². The van der Waals surface area contributed by atoms with Gasteiger partial charge in [-0.1, -0.05) is 19.1 Å². The number of thioether (sulfide) groups is 1. The molecule has 1 unspecified atom stereocenters. The molecule has 1 atom stereocenters. The van der Waals surface area contributed by atoms with E-state index in [0.29, 0.717) is 23.1 Å². The van der Waals surface area contributed by atoms with Crippen molar-refractivity contribution < 1.29 is 9.53 Å². The number of amides is 1. The summed E-state index contributed by atoms with van der Waals surface area (Å²) < 4.78 is 6.05. The Kier molecular flexibility index (Phi) is 4.97. The monoisotopic (exact) mass is 391 g/mol. The minimum atomic E-state index is -0.00192. The molecule has 0 saturated carbocycles. The number of nitrogens with zero attached hydrogens (tertiary/aromatic N) is 1. The molecule has 5 heteroatoms. The van der Waals surface area contributed by atoms with Crippen LogP contribution in [0.15, 0.2) is 51.8 Å². The topological polar surface area (TPSA) is 29.5 Å². The molecule has 3 nitrogen and oxygen atoms in total. The highest BCUT2D eigenvalue weighted by molar-refractivity contribution is 9.10. The van der Waals surface area contributed by atoms with Crippen molar-refractivity contribution in [2.24, 2.45) is 0 Å². The summed E-state index contributed by atoms with van der Waals surface area (Å²) in [6, 6.07) is 13.6. The number of halogens is 1. The lowest BCUT2D eigenvalue weighted by molar-refractivity contribution is 0.0985. The molecule has 1 amide bonds. The summed E-state index contributed by atoms with van der Waals surface area (Å²) in [6.07, 6.45) is 0.965. The molecular formula is C18H18BrNO2S. The lowest BCUT2D eigenvalue weighted by Crippen LogP contribution is -2.32. The third-order valence-corrected chi connectivity index (χ3v) is 5.82. The maximum Gasteiger partial charge on any atom is 0.259 e. The first-order valence-corrected chi connectivity index (χ1v) is 9.18. The fourth-order valence-electron chi connectivity index (χ4n) is 2.64. The van der Waals surface area contributed by atoms with Crippen molar-refractivity contribution >= 4 is 39.3 Å².